The molecule has 0 amide bonds. The molecule has 4 rings (SSSR count). The van der Waals surface area contributed by atoms with Crippen LogP contribution in [-0.2, 0) is 13.0 Å². The predicted octanol–water partition coefficient (Wildman–Crippen LogP) is 4.11. The minimum absolute atomic E-state index is 0.0258. The van der Waals surface area contributed by atoms with Gasteiger partial charge < -0.3 is 4.90 Å². The van der Waals surface area contributed by atoms with Gasteiger partial charge >= 0.3 is 0 Å². The molecule has 2 heterocycles. The normalized spacial score (nSPS) is 14.9. The van der Waals surface area contributed by atoms with Crippen molar-refractivity contribution in [1.29, 1.82) is 0 Å². The van der Waals surface area contributed by atoms with Crippen LogP contribution in [0.15, 0.2) is 59.4 Å². The summed E-state index contributed by atoms with van der Waals surface area (Å²) in [7, 11) is 0. The molecule has 0 bridgehead atoms. The first kappa shape index (κ1) is 21.3. The second kappa shape index (κ2) is 9.48. The quantitative estimate of drug-likeness (QED) is 0.657. The number of rotatable bonds is 6. The Hall–Kier alpha value is -2.92. The summed E-state index contributed by atoms with van der Waals surface area (Å²) < 4.78 is 0. The topological polar surface area (TPSA) is 52.2 Å². The number of hydrogen-bond acceptors (Lipinski definition) is 4. The highest BCUT2D eigenvalue weighted by Gasteiger charge is 2.20. The van der Waals surface area contributed by atoms with Crippen LogP contribution in [0.4, 0.5) is 5.95 Å². The lowest BCUT2D eigenvalue weighted by Gasteiger charge is -2.35. The number of piperazine rings is 1. The lowest BCUT2D eigenvalue weighted by atomic mass is 9.99. The van der Waals surface area contributed by atoms with Gasteiger partial charge in [0.15, 0.2) is 0 Å². The van der Waals surface area contributed by atoms with Crippen LogP contribution in [0, 0.1) is 6.92 Å². The maximum Gasteiger partial charge on any atom is 0.256 e. The zero-order valence-electron chi connectivity index (χ0n) is 18.8. The van der Waals surface area contributed by atoms with Gasteiger partial charge in [0.2, 0.25) is 5.95 Å². The average molecular weight is 417 g/mol. The minimum Gasteiger partial charge on any atom is -0.340 e. The number of aromatic nitrogens is 2. The third-order valence-corrected chi connectivity index (χ3v) is 6.16. The molecule has 162 valence electrons. The van der Waals surface area contributed by atoms with Gasteiger partial charge in [-0.15, -0.1) is 0 Å². The van der Waals surface area contributed by atoms with Gasteiger partial charge in [0, 0.05) is 44.7 Å². The highest BCUT2D eigenvalue weighted by atomic mass is 16.1. The van der Waals surface area contributed by atoms with E-state index in [2.05, 4.69) is 83.2 Å². The van der Waals surface area contributed by atoms with Crippen LogP contribution in [0.25, 0.3) is 0 Å². The van der Waals surface area contributed by atoms with Crippen molar-refractivity contribution in [2.75, 3.05) is 31.1 Å². The maximum atomic E-state index is 12.9. The Labute approximate surface area is 184 Å². The molecule has 0 unspecified atom stereocenters. The minimum atomic E-state index is -0.0258. The number of aromatic amines is 1. The molecule has 1 aromatic heterocycles. The van der Waals surface area contributed by atoms with Crippen LogP contribution in [0.1, 0.15) is 47.7 Å². The van der Waals surface area contributed by atoms with Gasteiger partial charge in [-0.1, -0.05) is 68.4 Å². The molecule has 1 aliphatic rings. The summed E-state index contributed by atoms with van der Waals surface area (Å²) in [5.74, 6) is 1.20. The molecule has 1 aliphatic heterocycles. The summed E-state index contributed by atoms with van der Waals surface area (Å²) in [6.07, 6.45) is 0.609. The molecule has 2 aromatic carbocycles. The van der Waals surface area contributed by atoms with Crippen molar-refractivity contribution in [2.45, 2.75) is 39.7 Å². The molecule has 5 heteroatoms. The van der Waals surface area contributed by atoms with E-state index in [9.17, 15) is 4.79 Å². The Bertz CT molecular complexity index is 1050. The first-order valence-corrected chi connectivity index (χ1v) is 11.2. The number of nitrogens with one attached hydrogen (secondary N) is 1. The van der Waals surface area contributed by atoms with Crippen LogP contribution >= 0.6 is 0 Å². The third kappa shape index (κ3) is 5.23. The monoisotopic (exact) mass is 416 g/mol. The number of nitrogens with zero attached hydrogens (tertiary/aromatic N) is 3. The lowest BCUT2D eigenvalue weighted by molar-refractivity contribution is 0.248. The first-order valence-electron chi connectivity index (χ1n) is 11.2. The fourth-order valence-corrected chi connectivity index (χ4v) is 4.14. The van der Waals surface area contributed by atoms with Crippen molar-refractivity contribution >= 4 is 5.95 Å². The maximum absolute atomic E-state index is 12.9. The fourth-order valence-electron chi connectivity index (χ4n) is 4.14. The van der Waals surface area contributed by atoms with Crippen LogP contribution < -0.4 is 10.5 Å². The molecule has 1 fully saturated rings. The highest BCUT2D eigenvalue weighted by Crippen LogP contribution is 2.18. The number of anilines is 1. The van der Waals surface area contributed by atoms with E-state index in [4.69, 9.17) is 4.98 Å². The van der Waals surface area contributed by atoms with Gasteiger partial charge in [-0.05, 0) is 29.5 Å². The fraction of sp³-hybridized carbons (Fsp3) is 0.385. The first-order chi connectivity index (χ1) is 15.0. The van der Waals surface area contributed by atoms with Gasteiger partial charge in [-0.25, -0.2) is 4.98 Å². The molecule has 1 saturated heterocycles. The van der Waals surface area contributed by atoms with Gasteiger partial charge in [-0.3, -0.25) is 14.7 Å². The van der Waals surface area contributed by atoms with Crippen LogP contribution in [-0.4, -0.2) is 41.0 Å². The van der Waals surface area contributed by atoms with Crippen molar-refractivity contribution in [2.24, 2.45) is 0 Å². The van der Waals surface area contributed by atoms with E-state index in [0.29, 0.717) is 18.3 Å². The van der Waals surface area contributed by atoms with Gasteiger partial charge in [0.1, 0.15) is 0 Å². The number of aryl methyl sites for hydroxylation is 1. The summed E-state index contributed by atoms with van der Waals surface area (Å²) in [5.41, 5.74) is 5.34. The molecule has 5 nitrogen and oxygen atoms in total. The summed E-state index contributed by atoms with van der Waals surface area (Å²) >= 11 is 0. The average Bonchev–Trinajstić information content (AvgIpc) is 2.78. The summed E-state index contributed by atoms with van der Waals surface area (Å²) in [5, 5.41) is 0. The van der Waals surface area contributed by atoms with E-state index in [0.717, 1.165) is 49.5 Å². The van der Waals surface area contributed by atoms with Crippen molar-refractivity contribution < 1.29 is 0 Å². The van der Waals surface area contributed by atoms with Gasteiger partial charge in [0.05, 0.1) is 5.69 Å². The Balaban J connectivity index is 1.41. The van der Waals surface area contributed by atoms with E-state index in [1.807, 2.05) is 6.92 Å². The number of H-pyrrole nitrogens is 1. The number of hydrogen-bond donors (Lipinski definition) is 1. The van der Waals surface area contributed by atoms with Crippen molar-refractivity contribution in [3.63, 3.8) is 0 Å². The summed E-state index contributed by atoms with van der Waals surface area (Å²) in [4.78, 5) is 25.3. The SMILES string of the molecule is Cc1nc(N2CCN(Cc3ccccc3)CC2)[nH]c(=O)c1Cc1ccc(C(C)C)cc1. The smallest absolute Gasteiger partial charge is 0.256 e. The molecule has 0 atom stereocenters. The lowest BCUT2D eigenvalue weighted by Crippen LogP contribution is -2.47. The zero-order chi connectivity index (χ0) is 21.8. The molecular weight excluding hydrogens is 384 g/mol. The molecule has 0 spiro atoms. The number of benzene rings is 2. The summed E-state index contributed by atoms with van der Waals surface area (Å²) in [6, 6.07) is 19.1. The Morgan fingerprint density at radius 1 is 0.935 bits per heavy atom. The zero-order valence-corrected chi connectivity index (χ0v) is 18.8. The Kier molecular flexibility index (Phi) is 6.52. The second-order valence-corrected chi connectivity index (χ2v) is 8.78. The molecule has 1 N–H and O–H groups in total. The molecule has 0 saturated carbocycles. The van der Waals surface area contributed by atoms with E-state index in [-0.39, 0.29) is 5.56 Å². The van der Waals surface area contributed by atoms with E-state index >= 15 is 0 Å². The van der Waals surface area contributed by atoms with Crippen molar-refractivity contribution in [3.8, 4) is 0 Å². The Morgan fingerprint density at radius 3 is 2.23 bits per heavy atom. The molecular formula is C26H32N4O. The predicted molar refractivity (Wildman–Crippen MR) is 127 cm³/mol. The van der Waals surface area contributed by atoms with Crippen molar-refractivity contribution in [3.05, 3.63) is 92.9 Å². The third-order valence-electron chi connectivity index (χ3n) is 6.16. The van der Waals surface area contributed by atoms with Gasteiger partial charge in [0.25, 0.3) is 5.56 Å². The highest BCUT2D eigenvalue weighted by molar-refractivity contribution is 5.36. The van der Waals surface area contributed by atoms with E-state index in [1.165, 1.54) is 11.1 Å². The summed E-state index contributed by atoms with van der Waals surface area (Å²) in [6.45, 7) is 10.9. The van der Waals surface area contributed by atoms with E-state index in [1.54, 1.807) is 0 Å². The standard InChI is InChI=1S/C26H32N4O/c1-19(2)23-11-9-21(10-12-23)17-24-20(3)27-26(28-25(24)31)30-15-13-29(14-16-30)18-22-7-5-4-6-8-22/h4-12,19H,13-18H2,1-3H3,(H,27,28,31). The van der Waals surface area contributed by atoms with E-state index < -0.39 is 0 Å². The van der Waals surface area contributed by atoms with Crippen LogP contribution in [0.5, 0.6) is 0 Å². The van der Waals surface area contributed by atoms with Crippen molar-refractivity contribution in [1.82, 2.24) is 14.9 Å². The molecule has 31 heavy (non-hydrogen) atoms. The molecule has 0 aliphatic carbocycles. The van der Waals surface area contributed by atoms with Crippen LogP contribution in [0.3, 0.4) is 0 Å². The van der Waals surface area contributed by atoms with Crippen LogP contribution in [0.2, 0.25) is 0 Å². The Morgan fingerprint density at radius 2 is 1.61 bits per heavy atom. The second-order valence-electron chi connectivity index (χ2n) is 8.78. The van der Waals surface area contributed by atoms with Gasteiger partial charge in [-0.2, -0.15) is 0 Å². The molecule has 3 aromatic rings. The molecule has 0 radical (unpaired) electrons. The largest absolute Gasteiger partial charge is 0.340 e.